The monoisotopic (exact) mass is 448 g/mol. The fraction of sp³-hybridized carbons (Fsp3) is 0.240. The van der Waals surface area contributed by atoms with E-state index in [1.165, 1.54) is 10.4 Å². The van der Waals surface area contributed by atoms with Crippen molar-refractivity contribution in [3.05, 3.63) is 71.8 Å². The first-order chi connectivity index (χ1) is 15.4. The number of piperidine rings is 1. The summed E-state index contributed by atoms with van der Waals surface area (Å²) in [7, 11) is -3.63. The number of aryl methyl sites for hydroxylation is 1. The van der Waals surface area contributed by atoms with Gasteiger partial charge in [-0.1, -0.05) is 30.7 Å². The molecule has 1 aromatic heterocycles. The van der Waals surface area contributed by atoms with Gasteiger partial charge in [0.15, 0.2) is 0 Å². The van der Waals surface area contributed by atoms with Crippen molar-refractivity contribution in [3.8, 4) is 0 Å². The molecule has 5 rings (SSSR count). The molecule has 2 heterocycles. The number of fused-ring (bicyclic) bond motifs is 3. The predicted octanol–water partition coefficient (Wildman–Crippen LogP) is 5.32. The summed E-state index contributed by atoms with van der Waals surface area (Å²) in [5.74, 6) is -0.354. The minimum absolute atomic E-state index is 0.198. The average molecular weight is 449 g/mol. The molecule has 1 amide bonds. The number of para-hydroxylation sites is 1. The van der Waals surface area contributed by atoms with Crippen LogP contribution in [0, 0.1) is 6.92 Å². The third-order valence-corrected chi connectivity index (χ3v) is 8.06. The van der Waals surface area contributed by atoms with E-state index in [4.69, 9.17) is 4.42 Å². The Kier molecular flexibility index (Phi) is 5.23. The lowest BCUT2D eigenvalue weighted by Gasteiger charge is -2.26. The summed E-state index contributed by atoms with van der Waals surface area (Å²) in [6.07, 6.45) is 2.77. The second kappa shape index (κ2) is 8.07. The van der Waals surface area contributed by atoms with E-state index >= 15 is 0 Å². The van der Waals surface area contributed by atoms with Crippen molar-refractivity contribution >= 4 is 43.6 Å². The van der Waals surface area contributed by atoms with Crippen molar-refractivity contribution in [2.24, 2.45) is 0 Å². The summed E-state index contributed by atoms with van der Waals surface area (Å²) in [4.78, 5) is 13.2. The molecule has 0 radical (unpaired) electrons. The fourth-order valence-corrected chi connectivity index (χ4v) is 6.04. The Balaban J connectivity index is 1.45. The highest BCUT2D eigenvalue weighted by atomic mass is 32.2. The Morgan fingerprint density at radius 3 is 2.47 bits per heavy atom. The van der Waals surface area contributed by atoms with Crippen molar-refractivity contribution in [2.75, 3.05) is 18.4 Å². The van der Waals surface area contributed by atoms with Gasteiger partial charge in [-0.25, -0.2) is 8.42 Å². The lowest BCUT2D eigenvalue weighted by Crippen LogP contribution is -2.36. The molecule has 164 valence electrons. The Hall–Kier alpha value is -3.16. The molecule has 0 bridgehead atoms. The van der Waals surface area contributed by atoms with E-state index in [9.17, 15) is 13.2 Å². The minimum atomic E-state index is -3.63. The molecule has 6 nitrogen and oxygen atoms in total. The van der Waals surface area contributed by atoms with Crippen LogP contribution >= 0.6 is 0 Å². The zero-order chi connectivity index (χ0) is 22.3. The van der Waals surface area contributed by atoms with Gasteiger partial charge in [-0.05, 0) is 61.7 Å². The summed E-state index contributed by atoms with van der Waals surface area (Å²) in [6.45, 7) is 2.81. The van der Waals surface area contributed by atoms with Gasteiger partial charge in [0.25, 0.3) is 5.91 Å². The summed E-state index contributed by atoms with van der Waals surface area (Å²) < 4.78 is 33.7. The van der Waals surface area contributed by atoms with Crippen molar-refractivity contribution < 1.29 is 17.6 Å². The van der Waals surface area contributed by atoms with Crippen LogP contribution in [0.1, 0.15) is 35.2 Å². The van der Waals surface area contributed by atoms with Gasteiger partial charge >= 0.3 is 0 Å². The lowest BCUT2D eigenvalue weighted by atomic mass is 10.1. The van der Waals surface area contributed by atoms with Crippen LogP contribution in [0.2, 0.25) is 0 Å². The van der Waals surface area contributed by atoms with Crippen molar-refractivity contribution in [1.82, 2.24) is 4.31 Å². The quantitative estimate of drug-likeness (QED) is 0.458. The molecule has 1 N–H and O–H groups in total. The van der Waals surface area contributed by atoms with E-state index in [1.807, 2.05) is 36.4 Å². The molecule has 0 atom stereocenters. The van der Waals surface area contributed by atoms with Crippen LogP contribution in [0.25, 0.3) is 21.9 Å². The van der Waals surface area contributed by atoms with Gasteiger partial charge in [-0.3, -0.25) is 4.79 Å². The molecule has 0 unspecified atom stereocenters. The SMILES string of the molecule is Cc1ccc(C(=O)Nc2ccc3oc4ccccc4c3c2)cc1S(=O)(=O)N1CCCCC1. The van der Waals surface area contributed by atoms with E-state index in [2.05, 4.69) is 5.32 Å². The maximum Gasteiger partial charge on any atom is 0.255 e. The number of benzene rings is 3. The number of amides is 1. The van der Waals surface area contributed by atoms with E-state index in [1.54, 1.807) is 25.1 Å². The van der Waals surface area contributed by atoms with Crippen LogP contribution in [-0.4, -0.2) is 31.7 Å². The van der Waals surface area contributed by atoms with Crippen LogP contribution in [-0.2, 0) is 10.0 Å². The number of rotatable bonds is 4. The largest absolute Gasteiger partial charge is 0.456 e. The minimum Gasteiger partial charge on any atom is -0.456 e. The van der Waals surface area contributed by atoms with E-state index in [0.717, 1.165) is 41.2 Å². The summed E-state index contributed by atoms with van der Waals surface area (Å²) in [5.41, 5.74) is 3.10. The van der Waals surface area contributed by atoms with Crippen LogP contribution in [0.3, 0.4) is 0 Å². The Labute approximate surface area is 186 Å². The number of nitrogens with zero attached hydrogens (tertiary/aromatic N) is 1. The number of furan rings is 1. The highest BCUT2D eigenvalue weighted by molar-refractivity contribution is 7.89. The van der Waals surface area contributed by atoms with Gasteiger partial charge in [0.2, 0.25) is 10.0 Å². The molecule has 0 spiro atoms. The molecular weight excluding hydrogens is 424 g/mol. The van der Waals surface area contributed by atoms with Crippen molar-refractivity contribution in [3.63, 3.8) is 0 Å². The van der Waals surface area contributed by atoms with Crippen LogP contribution in [0.4, 0.5) is 5.69 Å². The van der Waals surface area contributed by atoms with E-state index in [0.29, 0.717) is 29.9 Å². The van der Waals surface area contributed by atoms with Gasteiger partial charge < -0.3 is 9.73 Å². The van der Waals surface area contributed by atoms with Gasteiger partial charge in [-0.2, -0.15) is 4.31 Å². The number of sulfonamides is 1. The maximum absolute atomic E-state index is 13.2. The molecule has 3 aromatic carbocycles. The third kappa shape index (κ3) is 3.67. The number of nitrogens with one attached hydrogen (secondary N) is 1. The summed E-state index contributed by atoms with van der Waals surface area (Å²) in [5, 5.41) is 4.78. The number of carbonyl (C=O) groups excluding carboxylic acids is 1. The van der Waals surface area contributed by atoms with Crippen LogP contribution in [0.5, 0.6) is 0 Å². The number of carbonyl (C=O) groups is 1. The zero-order valence-electron chi connectivity index (χ0n) is 17.8. The topological polar surface area (TPSA) is 79.6 Å². The normalized spacial score (nSPS) is 15.3. The molecular formula is C25H24N2O4S. The molecule has 0 saturated carbocycles. The molecule has 1 aliphatic heterocycles. The van der Waals surface area contributed by atoms with E-state index in [-0.39, 0.29) is 10.8 Å². The third-order valence-electron chi connectivity index (χ3n) is 6.02. The van der Waals surface area contributed by atoms with Crippen molar-refractivity contribution in [1.29, 1.82) is 0 Å². The first kappa shape index (κ1) is 20.7. The predicted molar refractivity (Wildman–Crippen MR) is 125 cm³/mol. The summed E-state index contributed by atoms with van der Waals surface area (Å²) >= 11 is 0. The van der Waals surface area contributed by atoms with Gasteiger partial charge in [0.05, 0.1) is 4.90 Å². The molecule has 1 aliphatic rings. The van der Waals surface area contributed by atoms with Crippen LogP contribution < -0.4 is 5.32 Å². The first-order valence-corrected chi connectivity index (χ1v) is 12.2. The highest BCUT2D eigenvalue weighted by Gasteiger charge is 2.28. The highest BCUT2D eigenvalue weighted by Crippen LogP contribution is 2.31. The number of anilines is 1. The molecule has 7 heteroatoms. The fourth-order valence-electron chi connectivity index (χ4n) is 4.27. The number of hydrogen-bond donors (Lipinski definition) is 1. The maximum atomic E-state index is 13.2. The second-order valence-electron chi connectivity index (χ2n) is 8.21. The Morgan fingerprint density at radius 2 is 1.66 bits per heavy atom. The standard InChI is InChI=1S/C25H24N2O4S/c1-17-9-10-18(15-24(17)32(29,30)27-13-5-2-6-14-27)25(28)26-19-11-12-23-21(16-19)20-7-3-4-8-22(20)31-23/h3-4,7-12,15-16H,2,5-6,13-14H2,1H3,(H,26,28). The summed E-state index contributed by atoms with van der Waals surface area (Å²) in [6, 6.07) is 18.1. The zero-order valence-corrected chi connectivity index (χ0v) is 18.6. The first-order valence-electron chi connectivity index (χ1n) is 10.8. The molecule has 1 fully saturated rings. The van der Waals surface area contributed by atoms with Gasteiger partial charge in [0.1, 0.15) is 11.2 Å². The Morgan fingerprint density at radius 1 is 0.906 bits per heavy atom. The second-order valence-corrected chi connectivity index (χ2v) is 10.1. The molecule has 32 heavy (non-hydrogen) atoms. The van der Waals surface area contributed by atoms with E-state index < -0.39 is 10.0 Å². The molecule has 0 aliphatic carbocycles. The molecule has 1 saturated heterocycles. The van der Waals surface area contributed by atoms with Crippen molar-refractivity contribution in [2.45, 2.75) is 31.1 Å². The smallest absolute Gasteiger partial charge is 0.255 e. The van der Waals surface area contributed by atoms with Gasteiger partial charge in [0, 0.05) is 35.1 Å². The van der Waals surface area contributed by atoms with Crippen LogP contribution in [0.15, 0.2) is 70.0 Å². The molecule has 4 aromatic rings. The number of hydrogen-bond acceptors (Lipinski definition) is 4. The van der Waals surface area contributed by atoms with Gasteiger partial charge in [-0.15, -0.1) is 0 Å². The lowest BCUT2D eigenvalue weighted by molar-refractivity contribution is 0.102. The Bertz CT molecular complexity index is 1430. The average Bonchev–Trinajstić information content (AvgIpc) is 3.18.